The molecule has 1 aliphatic carbocycles. The van der Waals surface area contributed by atoms with Gasteiger partial charge < -0.3 is 5.11 Å². The Morgan fingerprint density at radius 2 is 2.05 bits per heavy atom. The molecule has 7 nitrogen and oxygen atoms in total. The molecule has 20 heavy (non-hydrogen) atoms. The molecule has 1 aromatic heterocycles. The molecule has 0 unspecified atom stereocenters. The highest BCUT2D eigenvalue weighted by Crippen LogP contribution is 2.26. The van der Waals surface area contributed by atoms with Crippen LogP contribution in [0.3, 0.4) is 0 Å². The van der Waals surface area contributed by atoms with Crippen LogP contribution >= 0.6 is 11.6 Å². The van der Waals surface area contributed by atoms with Crippen molar-refractivity contribution in [3.63, 3.8) is 0 Å². The zero-order valence-electron chi connectivity index (χ0n) is 10.9. The van der Waals surface area contributed by atoms with Gasteiger partial charge in [-0.2, -0.15) is 5.10 Å². The minimum Gasteiger partial charge on any atom is -0.481 e. The number of aromatic nitrogens is 2. The molecule has 1 aromatic rings. The number of hydrogen-bond acceptors (Lipinski definition) is 4. The standard InChI is InChI=1S/C11H16ClN3O4S/c1-15-10(9(12)6-13-15)20(18,19)14-8-4-2-7(3-5-8)11(16)17/h6-8,14H,2-5H2,1H3,(H,16,17). The predicted molar refractivity (Wildman–Crippen MR) is 71.9 cm³/mol. The fraction of sp³-hybridized carbons (Fsp3) is 0.636. The summed E-state index contributed by atoms with van der Waals surface area (Å²) in [5.74, 6) is -1.20. The Hall–Kier alpha value is -1.12. The summed E-state index contributed by atoms with van der Waals surface area (Å²) in [5.41, 5.74) is 0. The maximum Gasteiger partial charge on any atom is 0.306 e. The topological polar surface area (TPSA) is 101 Å². The van der Waals surface area contributed by atoms with E-state index in [1.54, 1.807) is 0 Å². The van der Waals surface area contributed by atoms with Gasteiger partial charge in [0.25, 0.3) is 10.0 Å². The predicted octanol–water partition coefficient (Wildman–Crippen LogP) is 0.995. The van der Waals surface area contributed by atoms with Gasteiger partial charge in [-0.15, -0.1) is 0 Å². The Kier molecular flexibility index (Phi) is 4.36. The molecule has 0 amide bonds. The molecule has 0 spiro atoms. The van der Waals surface area contributed by atoms with E-state index in [2.05, 4.69) is 9.82 Å². The van der Waals surface area contributed by atoms with Crippen molar-refractivity contribution in [2.75, 3.05) is 0 Å². The number of carboxylic acid groups (broad SMARTS) is 1. The zero-order valence-corrected chi connectivity index (χ0v) is 12.5. The molecule has 0 aliphatic heterocycles. The van der Waals surface area contributed by atoms with Crippen LogP contribution in [0.1, 0.15) is 25.7 Å². The third kappa shape index (κ3) is 3.13. The quantitative estimate of drug-likeness (QED) is 0.861. The molecule has 1 fully saturated rings. The third-order valence-electron chi connectivity index (χ3n) is 3.50. The molecule has 9 heteroatoms. The summed E-state index contributed by atoms with van der Waals surface area (Å²) < 4.78 is 28.3. The number of nitrogens with zero attached hydrogens (tertiary/aromatic N) is 2. The van der Waals surface area contributed by atoms with Gasteiger partial charge in [0.15, 0.2) is 5.03 Å². The molecule has 0 radical (unpaired) electrons. The second kappa shape index (κ2) is 5.71. The van der Waals surface area contributed by atoms with Crippen LogP contribution in [0.5, 0.6) is 0 Å². The van der Waals surface area contributed by atoms with Crippen LogP contribution in [0.2, 0.25) is 5.02 Å². The number of carbonyl (C=O) groups is 1. The number of hydrogen-bond donors (Lipinski definition) is 2. The maximum absolute atomic E-state index is 12.2. The Labute approximate surface area is 122 Å². The summed E-state index contributed by atoms with van der Waals surface area (Å²) in [6.45, 7) is 0. The maximum atomic E-state index is 12.2. The van der Waals surface area contributed by atoms with Gasteiger partial charge in [-0.05, 0) is 25.7 Å². The van der Waals surface area contributed by atoms with Gasteiger partial charge in [-0.25, -0.2) is 13.1 Å². The van der Waals surface area contributed by atoms with Crippen LogP contribution in [0.15, 0.2) is 11.2 Å². The molecular formula is C11H16ClN3O4S. The van der Waals surface area contributed by atoms with E-state index in [-0.39, 0.29) is 22.0 Å². The fourth-order valence-electron chi connectivity index (χ4n) is 2.44. The van der Waals surface area contributed by atoms with Crippen molar-refractivity contribution in [3.05, 3.63) is 11.2 Å². The molecule has 2 rings (SSSR count). The van der Waals surface area contributed by atoms with Gasteiger partial charge in [0.05, 0.1) is 17.1 Å². The zero-order chi connectivity index (χ0) is 14.9. The molecule has 1 aliphatic rings. The van der Waals surface area contributed by atoms with E-state index >= 15 is 0 Å². The number of carboxylic acids is 1. The highest BCUT2D eigenvalue weighted by molar-refractivity contribution is 7.89. The minimum atomic E-state index is -3.74. The summed E-state index contributed by atoms with van der Waals surface area (Å²) in [4.78, 5) is 10.9. The van der Waals surface area contributed by atoms with Crippen LogP contribution in [0.25, 0.3) is 0 Å². The van der Waals surface area contributed by atoms with Crippen LogP contribution in [-0.4, -0.2) is 35.3 Å². The van der Waals surface area contributed by atoms with E-state index in [1.165, 1.54) is 17.9 Å². The summed E-state index contributed by atoms with van der Waals surface area (Å²) in [5, 5.41) is 12.7. The van der Waals surface area contributed by atoms with E-state index in [9.17, 15) is 13.2 Å². The Balaban J connectivity index is 2.06. The van der Waals surface area contributed by atoms with Crippen molar-refractivity contribution in [2.45, 2.75) is 36.8 Å². The van der Waals surface area contributed by atoms with Crippen LogP contribution in [-0.2, 0) is 21.9 Å². The van der Waals surface area contributed by atoms with Crippen LogP contribution in [0, 0.1) is 5.92 Å². The van der Waals surface area contributed by atoms with Crippen molar-refractivity contribution in [1.29, 1.82) is 0 Å². The number of sulfonamides is 1. The van der Waals surface area contributed by atoms with Gasteiger partial charge in [0, 0.05) is 13.1 Å². The van der Waals surface area contributed by atoms with Crippen molar-refractivity contribution >= 4 is 27.6 Å². The highest BCUT2D eigenvalue weighted by atomic mass is 35.5. The number of aliphatic carboxylic acids is 1. The summed E-state index contributed by atoms with van der Waals surface area (Å²) in [7, 11) is -2.24. The van der Waals surface area contributed by atoms with E-state index in [1.807, 2.05) is 0 Å². The summed E-state index contributed by atoms with van der Waals surface area (Å²) in [6.07, 6.45) is 3.23. The van der Waals surface area contributed by atoms with E-state index < -0.39 is 16.0 Å². The normalized spacial score (nSPS) is 23.7. The summed E-state index contributed by atoms with van der Waals surface area (Å²) >= 11 is 5.83. The van der Waals surface area contributed by atoms with Crippen molar-refractivity contribution in [1.82, 2.24) is 14.5 Å². The van der Waals surface area contributed by atoms with Gasteiger partial charge in [0.2, 0.25) is 0 Å². The van der Waals surface area contributed by atoms with Gasteiger partial charge in [0.1, 0.15) is 0 Å². The lowest BCUT2D eigenvalue weighted by molar-refractivity contribution is -0.142. The molecule has 0 saturated heterocycles. The first-order valence-corrected chi connectivity index (χ1v) is 8.10. The second-order valence-corrected chi connectivity index (χ2v) is 6.97. The Morgan fingerprint density at radius 3 is 2.50 bits per heavy atom. The van der Waals surface area contributed by atoms with E-state index in [4.69, 9.17) is 16.7 Å². The molecular weight excluding hydrogens is 306 g/mol. The number of halogens is 1. The second-order valence-electron chi connectivity index (χ2n) is 4.93. The number of nitrogens with one attached hydrogen (secondary N) is 1. The molecule has 112 valence electrons. The largest absolute Gasteiger partial charge is 0.481 e. The first-order valence-electron chi connectivity index (χ1n) is 6.24. The molecule has 1 heterocycles. The Morgan fingerprint density at radius 1 is 1.45 bits per heavy atom. The van der Waals surface area contributed by atoms with Crippen molar-refractivity contribution in [3.8, 4) is 0 Å². The smallest absolute Gasteiger partial charge is 0.306 e. The molecule has 0 aromatic carbocycles. The first kappa shape index (κ1) is 15.3. The lowest BCUT2D eigenvalue weighted by Crippen LogP contribution is -2.39. The first-order chi connectivity index (χ1) is 9.31. The highest BCUT2D eigenvalue weighted by Gasteiger charge is 2.30. The molecule has 0 bridgehead atoms. The summed E-state index contributed by atoms with van der Waals surface area (Å²) in [6, 6.07) is -0.262. The average Bonchev–Trinajstić information content (AvgIpc) is 2.69. The lowest BCUT2D eigenvalue weighted by atomic mass is 9.87. The Bertz CT molecular complexity index is 586. The average molecular weight is 322 g/mol. The molecule has 1 saturated carbocycles. The van der Waals surface area contributed by atoms with E-state index in [0.29, 0.717) is 25.7 Å². The van der Waals surface area contributed by atoms with Crippen molar-refractivity contribution < 1.29 is 18.3 Å². The van der Waals surface area contributed by atoms with E-state index in [0.717, 1.165) is 0 Å². The van der Waals surface area contributed by atoms with Gasteiger partial charge >= 0.3 is 5.97 Å². The lowest BCUT2D eigenvalue weighted by Gasteiger charge is -2.26. The van der Waals surface area contributed by atoms with Crippen LogP contribution in [0.4, 0.5) is 0 Å². The van der Waals surface area contributed by atoms with Crippen molar-refractivity contribution in [2.24, 2.45) is 13.0 Å². The van der Waals surface area contributed by atoms with Gasteiger partial charge in [-0.3, -0.25) is 9.48 Å². The number of aryl methyl sites for hydroxylation is 1. The van der Waals surface area contributed by atoms with Gasteiger partial charge in [-0.1, -0.05) is 11.6 Å². The molecule has 2 N–H and O–H groups in total. The van der Waals surface area contributed by atoms with Crippen LogP contribution < -0.4 is 4.72 Å². The fourth-order valence-corrected chi connectivity index (χ4v) is 4.40. The monoisotopic (exact) mass is 321 g/mol. The minimum absolute atomic E-state index is 0.0687. The SMILES string of the molecule is Cn1ncc(Cl)c1S(=O)(=O)NC1CCC(C(=O)O)CC1. The molecule has 0 atom stereocenters. The number of rotatable bonds is 4. The third-order valence-corrected chi connectivity index (χ3v) is 5.52.